The largest absolute Gasteiger partial charge is 0.346 e. The van der Waals surface area contributed by atoms with Gasteiger partial charge in [-0.05, 0) is 32.3 Å². The van der Waals surface area contributed by atoms with Crippen molar-refractivity contribution in [1.29, 1.82) is 0 Å². The summed E-state index contributed by atoms with van der Waals surface area (Å²) >= 11 is 0. The predicted octanol–water partition coefficient (Wildman–Crippen LogP) is 2.23. The highest BCUT2D eigenvalue weighted by molar-refractivity contribution is 5.92. The van der Waals surface area contributed by atoms with Crippen molar-refractivity contribution < 1.29 is 4.79 Å². The number of rotatable bonds is 5. The van der Waals surface area contributed by atoms with E-state index in [1.165, 1.54) is 6.20 Å². The molecule has 1 saturated heterocycles. The first-order valence-corrected chi connectivity index (χ1v) is 10.4. The molecular weight excluding hydrogens is 380 g/mol. The molecule has 30 heavy (non-hydrogen) atoms. The Labute approximate surface area is 175 Å². The number of nitrogens with zero attached hydrogens (tertiary/aromatic N) is 6. The van der Waals surface area contributed by atoms with Gasteiger partial charge in [0.1, 0.15) is 11.5 Å². The van der Waals surface area contributed by atoms with Gasteiger partial charge in [0.25, 0.3) is 5.91 Å². The van der Waals surface area contributed by atoms with E-state index in [4.69, 9.17) is 0 Å². The van der Waals surface area contributed by atoms with Gasteiger partial charge in [-0.3, -0.25) is 14.3 Å². The summed E-state index contributed by atoms with van der Waals surface area (Å²) in [5, 5.41) is 4.68. The van der Waals surface area contributed by atoms with E-state index in [0.29, 0.717) is 31.9 Å². The Kier molecular flexibility index (Phi) is 5.74. The molecule has 3 aromatic rings. The summed E-state index contributed by atoms with van der Waals surface area (Å²) in [6.45, 7) is 6.08. The van der Waals surface area contributed by atoms with Crippen LogP contribution in [0.2, 0.25) is 0 Å². The van der Waals surface area contributed by atoms with Crippen molar-refractivity contribution in [2.24, 2.45) is 0 Å². The normalized spacial score (nSPS) is 14.8. The standard InChI is InChI=1S/C22H26N6O2/c1-3-27-20(25-28(22(27)30)15-17-7-5-4-6-8-17)18-9-11-26(12-10-18)21(29)19-14-23-16(2)13-24-19/h4-8,13-14,18H,3,9-12,15H2,1-2H3. The van der Waals surface area contributed by atoms with Crippen molar-refractivity contribution in [2.75, 3.05) is 13.1 Å². The van der Waals surface area contributed by atoms with Crippen LogP contribution in [0.4, 0.5) is 0 Å². The van der Waals surface area contributed by atoms with E-state index in [1.807, 2.05) is 49.1 Å². The molecular formula is C22H26N6O2. The number of hydrogen-bond donors (Lipinski definition) is 0. The molecule has 0 atom stereocenters. The highest BCUT2D eigenvalue weighted by Gasteiger charge is 2.29. The van der Waals surface area contributed by atoms with Crippen molar-refractivity contribution in [3.8, 4) is 0 Å². The third-order valence-electron chi connectivity index (χ3n) is 5.59. The molecule has 0 unspecified atom stereocenters. The van der Waals surface area contributed by atoms with Crippen LogP contribution in [0, 0.1) is 6.92 Å². The van der Waals surface area contributed by atoms with E-state index in [1.54, 1.807) is 15.4 Å². The lowest BCUT2D eigenvalue weighted by Crippen LogP contribution is -2.39. The predicted molar refractivity (Wildman–Crippen MR) is 112 cm³/mol. The quantitative estimate of drug-likeness (QED) is 0.649. The topological polar surface area (TPSA) is 85.9 Å². The van der Waals surface area contributed by atoms with Gasteiger partial charge in [-0.1, -0.05) is 30.3 Å². The fourth-order valence-corrected chi connectivity index (χ4v) is 3.92. The molecule has 156 valence electrons. The number of aryl methyl sites for hydroxylation is 1. The molecule has 0 aliphatic carbocycles. The molecule has 0 bridgehead atoms. The first-order chi connectivity index (χ1) is 14.6. The van der Waals surface area contributed by atoms with Gasteiger partial charge in [-0.15, -0.1) is 0 Å². The van der Waals surface area contributed by atoms with Crippen LogP contribution in [0.25, 0.3) is 0 Å². The SMILES string of the molecule is CCn1c(C2CCN(C(=O)c3cnc(C)cn3)CC2)nn(Cc2ccccc2)c1=O. The number of carbonyl (C=O) groups is 1. The summed E-state index contributed by atoms with van der Waals surface area (Å²) in [5.74, 6) is 0.881. The second-order valence-electron chi connectivity index (χ2n) is 7.64. The number of amides is 1. The highest BCUT2D eigenvalue weighted by Crippen LogP contribution is 2.27. The number of carbonyl (C=O) groups excluding carboxylic acids is 1. The van der Waals surface area contributed by atoms with Gasteiger partial charge in [0, 0.05) is 31.7 Å². The molecule has 8 heteroatoms. The molecule has 1 aliphatic heterocycles. The van der Waals surface area contributed by atoms with E-state index in [2.05, 4.69) is 15.1 Å². The van der Waals surface area contributed by atoms with Crippen LogP contribution in [0.15, 0.2) is 47.5 Å². The summed E-state index contributed by atoms with van der Waals surface area (Å²) < 4.78 is 3.31. The fourth-order valence-electron chi connectivity index (χ4n) is 3.92. The molecule has 1 amide bonds. The minimum Gasteiger partial charge on any atom is -0.337 e. The average molecular weight is 406 g/mol. The van der Waals surface area contributed by atoms with Gasteiger partial charge in [0.15, 0.2) is 0 Å². The van der Waals surface area contributed by atoms with E-state index >= 15 is 0 Å². The maximum atomic E-state index is 12.8. The van der Waals surface area contributed by atoms with Crippen molar-refractivity contribution >= 4 is 5.91 Å². The molecule has 1 fully saturated rings. The highest BCUT2D eigenvalue weighted by atomic mass is 16.2. The lowest BCUT2D eigenvalue weighted by Gasteiger charge is -2.31. The zero-order valence-corrected chi connectivity index (χ0v) is 17.4. The van der Waals surface area contributed by atoms with E-state index in [-0.39, 0.29) is 17.5 Å². The summed E-state index contributed by atoms with van der Waals surface area (Å²) in [7, 11) is 0. The number of piperidine rings is 1. The Morgan fingerprint density at radius 2 is 1.83 bits per heavy atom. The van der Waals surface area contributed by atoms with Crippen LogP contribution in [0.5, 0.6) is 0 Å². The van der Waals surface area contributed by atoms with Crippen LogP contribution < -0.4 is 5.69 Å². The van der Waals surface area contributed by atoms with E-state index in [9.17, 15) is 9.59 Å². The molecule has 0 spiro atoms. The van der Waals surface area contributed by atoms with Crippen molar-refractivity contribution in [3.63, 3.8) is 0 Å². The van der Waals surface area contributed by atoms with Crippen LogP contribution in [-0.2, 0) is 13.1 Å². The van der Waals surface area contributed by atoms with Crippen LogP contribution in [0.1, 0.15) is 53.3 Å². The summed E-state index contributed by atoms with van der Waals surface area (Å²) in [4.78, 5) is 35.7. The third-order valence-corrected chi connectivity index (χ3v) is 5.59. The van der Waals surface area contributed by atoms with Crippen LogP contribution >= 0.6 is 0 Å². The number of benzene rings is 1. The van der Waals surface area contributed by atoms with Gasteiger partial charge in [-0.2, -0.15) is 5.10 Å². The molecule has 0 saturated carbocycles. The first kappa shape index (κ1) is 20.0. The van der Waals surface area contributed by atoms with Crippen molar-refractivity contribution in [3.05, 3.63) is 76.0 Å². The van der Waals surface area contributed by atoms with Gasteiger partial charge in [0.2, 0.25) is 0 Å². The minimum atomic E-state index is -0.0940. The van der Waals surface area contributed by atoms with Gasteiger partial charge in [0.05, 0.1) is 18.4 Å². The lowest BCUT2D eigenvalue weighted by atomic mass is 9.95. The van der Waals surface area contributed by atoms with Crippen LogP contribution in [-0.4, -0.2) is 48.2 Å². The van der Waals surface area contributed by atoms with Gasteiger partial charge >= 0.3 is 5.69 Å². The average Bonchev–Trinajstić information content (AvgIpc) is 3.09. The van der Waals surface area contributed by atoms with Crippen LogP contribution in [0.3, 0.4) is 0 Å². The van der Waals surface area contributed by atoms with Gasteiger partial charge < -0.3 is 4.90 Å². The fraction of sp³-hybridized carbons (Fsp3) is 0.409. The summed E-state index contributed by atoms with van der Waals surface area (Å²) in [5.41, 5.74) is 2.13. The molecule has 2 aromatic heterocycles. The van der Waals surface area contributed by atoms with Crippen molar-refractivity contribution in [2.45, 2.75) is 45.7 Å². The second-order valence-corrected chi connectivity index (χ2v) is 7.64. The smallest absolute Gasteiger partial charge is 0.337 e. The molecule has 3 heterocycles. The maximum Gasteiger partial charge on any atom is 0.346 e. The summed E-state index contributed by atoms with van der Waals surface area (Å²) in [6, 6.07) is 9.87. The Balaban J connectivity index is 1.47. The Bertz CT molecular complexity index is 1060. The second kappa shape index (κ2) is 8.61. The zero-order chi connectivity index (χ0) is 21.1. The minimum absolute atomic E-state index is 0.0789. The molecule has 1 aliphatic rings. The Morgan fingerprint density at radius 1 is 1.10 bits per heavy atom. The lowest BCUT2D eigenvalue weighted by molar-refractivity contribution is 0.0703. The number of hydrogen-bond acceptors (Lipinski definition) is 5. The Hall–Kier alpha value is -3.29. The van der Waals surface area contributed by atoms with Crippen molar-refractivity contribution in [1.82, 2.24) is 29.2 Å². The van der Waals surface area contributed by atoms with Gasteiger partial charge in [-0.25, -0.2) is 14.5 Å². The maximum absolute atomic E-state index is 12.8. The molecule has 0 radical (unpaired) electrons. The first-order valence-electron chi connectivity index (χ1n) is 10.4. The van der Waals surface area contributed by atoms with E-state index in [0.717, 1.165) is 29.9 Å². The third kappa shape index (κ3) is 4.03. The van der Waals surface area contributed by atoms with E-state index < -0.39 is 0 Å². The molecule has 8 nitrogen and oxygen atoms in total. The molecule has 1 aromatic carbocycles. The zero-order valence-electron chi connectivity index (χ0n) is 17.4. The monoisotopic (exact) mass is 406 g/mol. The molecule has 4 rings (SSSR count). The number of likely N-dealkylation sites (tertiary alicyclic amines) is 1. The summed E-state index contributed by atoms with van der Waals surface area (Å²) in [6.07, 6.45) is 4.68. The number of aromatic nitrogens is 5. The molecule has 0 N–H and O–H groups in total. The Morgan fingerprint density at radius 3 is 2.47 bits per heavy atom.